The summed E-state index contributed by atoms with van der Waals surface area (Å²) in [6, 6.07) is 1.44. The van der Waals surface area contributed by atoms with E-state index in [9.17, 15) is 4.79 Å². The summed E-state index contributed by atoms with van der Waals surface area (Å²) in [6.45, 7) is 6.46. The van der Waals surface area contributed by atoms with Gasteiger partial charge in [-0.3, -0.25) is 9.48 Å². The van der Waals surface area contributed by atoms with Gasteiger partial charge in [-0.15, -0.1) is 0 Å². The van der Waals surface area contributed by atoms with E-state index in [0.717, 1.165) is 0 Å². The average molecular weight is 224 g/mol. The fourth-order valence-corrected chi connectivity index (χ4v) is 1.38. The third-order valence-corrected chi connectivity index (χ3v) is 2.43. The van der Waals surface area contributed by atoms with E-state index in [2.05, 4.69) is 10.4 Å². The smallest absolute Gasteiger partial charge is 0.237 e. The molecular weight excluding hydrogens is 204 g/mol. The fraction of sp³-hybridized carbons (Fsp3) is 0.636. The number of rotatable bonds is 5. The summed E-state index contributed by atoms with van der Waals surface area (Å²) < 4.78 is 1.78. The first kappa shape index (κ1) is 12.7. The molecule has 0 bridgehead atoms. The van der Waals surface area contributed by atoms with E-state index in [0.29, 0.717) is 6.54 Å². The van der Waals surface area contributed by atoms with Crippen molar-refractivity contribution in [1.82, 2.24) is 15.1 Å². The lowest BCUT2D eigenvalue weighted by Gasteiger charge is -2.19. The molecule has 16 heavy (non-hydrogen) atoms. The van der Waals surface area contributed by atoms with Crippen LogP contribution in [0.1, 0.15) is 20.8 Å². The van der Waals surface area contributed by atoms with Gasteiger partial charge in [-0.1, -0.05) is 13.8 Å². The van der Waals surface area contributed by atoms with Crippen LogP contribution in [0.2, 0.25) is 0 Å². The second-order valence-electron chi connectivity index (χ2n) is 4.41. The number of carbonyl (C=O) groups is 1. The van der Waals surface area contributed by atoms with Crippen molar-refractivity contribution in [2.45, 2.75) is 39.4 Å². The van der Waals surface area contributed by atoms with Crippen LogP contribution in [-0.2, 0) is 11.3 Å². The first-order valence-corrected chi connectivity index (χ1v) is 5.54. The Kier molecular flexibility index (Phi) is 4.49. The Bertz CT molecular complexity index is 321. The molecule has 1 heterocycles. The number of aromatic nitrogens is 2. The molecule has 1 aromatic rings. The summed E-state index contributed by atoms with van der Waals surface area (Å²) in [5, 5.41) is 6.95. The van der Waals surface area contributed by atoms with Crippen LogP contribution < -0.4 is 11.1 Å². The van der Waals surface area contributed by atoms with Crippen molar-refractivity contribution >= 4 is 5.91 Å². The highest BCUT2D eigenvalue weighted by atomic mass is 16.2. The Labute approximate surface area is 96.0 Å². The minimum atomic E-state index is -0.444. The molecule has 0 spiro atoms. The lowest BCUT2D eigenvalue weighted by Crippen LogP contribution is -2.48. The molecule has 1 rings (SSSR count). The average Bonchev–Trinajstić information content (AvgIpc) is 2.68. The molecule has 0 radical (unpaired) electrons. The highest BCUT2D eigenvalue weighted by molar-refractivity contribution is 5.81. The van der Waals surface area contributed by atoms with Crippen LogP contribution in [0, 0.1) is 5.92 Å². The molecule has 3 N–H and O–H groups in total. The zero-order chi connectivity index (χ0) is 12.1. The van der Waals surface area contributed by atoms with Gasteiger partial charge in [-0.05, 0) is 18.9 Å². The van der Waals surface area contributed by atoms with Gasteiger partial charge < -0.3 is 11.1 Å². The van der Waals surface area contributed by atoms with Crippen LogP contribution in [0.25, 0.3) is 0 Å². The minimum Gasteiger partial charge on any atom is -0.350 e. The number of nitrogens with one attached hydrogen (secondary N) is 1. The molecule has 1 aromatic heterocycles. The number of hydrogen-bond acceptors (Lipinski definition) is 3. The van der Waals surface area contributed by atoms with Crippen molar-refractivity contribution in [2.75, 3.05) is 0 Å². The molecule has 0 saturated heterocycles. The summed E-state index contributed by atoms with van der Waals surface area (Å²) in [5.41, 5.74) is 5.75. The van der Waals surface area contributed by atoms with E-state index in [1.54, 1.807) is 10.9 Å². The maximum Gasteiger partial charge on any atom is 0.237 e. The summed E-state index contributed by atoms with van der Waals surface area (Å²) in [4.78, 5) is 11.7. The van der Waals surface area contributed by atoms with Crippen molar-refractivity contribution < 1.29 is 4.79 Å². The van der Waals surface area contributed by atoms with Crippen LogP contribution >= 0.6 is 0 Å². The van der Waals surface area contributed by atoms with Gasteiger partial charge >= 0.3 is 0 Å². The second kappa shape index (κ2) is 5.65. The molecule has 0 aliphatic heterocycles. The fourth-order valence-electron chi connectivity index (χ4n) is 1.38. The molecule has 2 unspecified atom stereocenters. The number of carbonyl (C=O) groups excluding carboxylic acids is 1. The van der Waals surface area contributed by atoms with Gasteiger partial charge in [-0.2, -0.15) is 5.10 Å². The van der Waals surface area contributed by atoms with Crippen molar-refractivity contribution in [3.05, 3.63) is 18.5 Å². The summed E-state index contributed by atoms with van der Waals surface area (Å²) >= 11 is 0. The van der Waals surface area contributed by atoms with Gasteiger partial charge in [0.25, 0.3) is 0 Å². The van der Waals surface area contributed by atoms with E-state index in [1.165, 1.54) is 0 Å². The maximum atomic E-state index is 11.7. The monoisotopic (exact) mass is 224 g/mol. The van der Waals surface area contributed by atoms with E-state index in [1.807, 2.05) is 33.0 Å². The Balaban J connectivity index is 2.39. The number of nitrogens with two attached hydrogens (primary N) is 1. The Morgan fingerprint density at radius 3 is 2.69 bits per heavy atom. The van der Waals surface area contributed by atoms with Crippen LogP contribution in [0.4, 0.5) is 0 Å². The van der Waals surface area contributed by atoms with E-state index >= 15 is 0 Å². The van der Waals surface area contributed by atoms with Crippen molar-refractivity contribution in [3.8, 4) is 0 Å². The summed E-state index contributed by atoms with van der Waals surface area (Å²) in [5.74, 6) is 0.0477. The molecular formula is C11H20N4O. The molecule has 0 aromatic carbocycles. The van der Waals surface area contributed by atoms with E-state index in [-0.39, 0.29) is 17.9 Å². The molecule has 5 heteroatoms. The number of hydrogen-bond donors (Lipinski definition) is 2. The topological polar surface area (TPSA) is 72.9 Å². The third kappa shape index (κ3) is 3.66. The summed E-state index contributed by atoms with van der Waals surface area (Å²) in [6.07, 6.45) is 3.58. The Morgan fingerprint density at radius 1 is 1.50 bits per heavy atom. The van der Waals surface area contributed by atoms with E-state index in [4.69, 9.17) is 5.73 Å². The molecule has 90 valence electrons. The Morgan fingerprint density at radius 2 is 2.19 bits per heavy atom. The molecule has 0 saturated carbocycles. The van der Waals surface area contributed by atoms with Crippen molar-refractivity contribution in [2.24, 2.45) is 11.7 Å². The van der Waals surface area contributed by atoms with Crippen LogP contribution in [0.5, 0.6) is 0 Å². The third-order valence-electron chi connectivity index (χ3n) is 2.43. The predicted octanol–water partition coefficient (Wildman–Crippen LogP) is 0.371. The van der Waals surface area contributed by atoms with Gasteiger partial charge in [-0.25, -0.2) is 0 Å². The van der Waals surface area contributed by atoms with Gasteiger partial charge in [0.05, 0.1) is 12.6 Å². The number of nitrogens with zero attached hydrogens (tertiary/aromatic N) is 2. The molecule has 0 fully saturated rings. The first-order chi connectivity index (χ1) is 7.50. The van der Waals surface area contributed by atoms with Crippen LogP contribution in [0.3, 0.4) is 0 Å². The highest BCUT2D eigenvalue weighted by Gasteiger charge is 2.18. The largest absolute Gasteiger partial charge is 0.350 e. The molecule has 2 atom stereocenters. The van der Waals surface area contributed by atoms with Gasteiger partial charge in [0.2, 0.25) is 5.91 Å². The Hall–Kier alpha value is -1.36. The zero-order valence-corrected chi connectivity index (χ0v) is 10.1. The molecule has 1 amide bonds. The van der Waals surface area contributed by atoms with Crippen LogP contribution in [-0.4, -0.2) is 27.8 Å². The first-order valence-electron chi connectivity index (χ1n) is 5.54. The number of amides is 1. The quantitative estimate of drug-likeness (QED) is 0.759. The van der Waals surface area contributed by atoms with E-state index < -0.39 is 6.04 Å². The lowest BCUT2D eigenvalue weighted by molar-refractivity contribution is -0.123. The second-order valence-corrected chi connectivity index (χ2v) is 4.41. The van der Waals surface area contributed by atoms with Gasteiger partial charge in [0, 0.05) is 18.4 Å². The SMILES string of the molecule is CC(Cn1cccn1)NC(=O)C(N)C(C)C. The molecule has 0 aliphatic carbocycles. The minimum absolute atomic E-state index is 0.0252. The van der Waals surface area contributed by atoms with Crippen LogP contribution in [0.15, 0.2) is 18.5 Å². The predicted molar refractivity (Wildman–Crippen MR) is 62.6 cm³/mol. The van der Waals surface area contributed by atoms with Gasteiger partial charge in [0.15, 0.2) is 0 Å². The maximum absolute atomic E-state index is 11.7. The van der Waals surface area contributed by atoms with Gasteiger partial charge in [0.1, 0.15) is 0 Å². The van der Waals surface area contributed by atoms with Crippen molar-refractivity contribution in [3.63, 3.8) is 0 Å². The lowest BCUT2D eigenvalue weighted by atomic mass is 10.0. The summed E-state index contributed by atoms with van der Waals surface area (Å²) in [7, 11) is 0. The normalized spacial score (nSPS) is 14.8. The molecule has 0 aliphatic rings. The molecule has 5 nitrogen and oxygen atoms in total. The highest BCUT2D eigenvalue weighted by Crippen LogP contribution is 1.99. The van der Waals surface area contributed by atoms with Crippen molar-refractivity contribution in [1.29, 1.82) is 0 Å². The standard InChI is InChI=1S/C11H20N4O/c1-8(2)10(12)11(16)14-9(3)7-15-6-4-5-13-15/h4-6,8-10H,7,12H2,1-3H3,(H,14,16). The zero-order valence-electron chi connectivity index (χ0n) is 10.1.